The van der Waals surface area contributed by atoms with E-state index in [0.717, 1.165) is 4.47 Å². The molecule has 0 spiro atoms. The molecule has 0 radical (unpaired) electrons. The van der Waals surface area contributed by atoms with Crippen molar-refractivity contribution >= 4 is 38.9 Å². The lowest BCUT2D eigenvalue weighted by Crippen LogP contribution is -2.36. The van der Waals surface area contributed by atoms with Crippen molar-refractivity contribution in [3.63, 3.8) is 0 Å². The molecule has 20 heavy (non-hydrogen) atoms. The number of amides is 1. The maximum Gasteiger partial charge on any atom is 0.251 e. The molecule has 3 N–H and O–H groups in total. The van der Waals surface area contributed by atoms with Crippen LogP contribution < -0.4 is 11.1 Å². The molecule has 1 heterocycles. The average molecular weight is 353 g/mol. The van der Waals surface area contributed by atoms with Crippen molar-refractivity contribution in [2.45, 2.75) is 19.3 Å². The van der Waals surface area contributed by atoms with Crippen molar-refractivity contribution in [1.82, 2.24) is 5.32 Å². The van der Waals surface area contributed by atoms with Crippen LogP contribution in [0.2, 0.25) is 0 Å². The minimum atomic E-state index is -0.109. The number of halogens is 1. The molecule has 0 saturated carbocycles. The number of carbonyl (C=O) groups excluding carboxylic acids is 1. The molecule has 3 nitrogen and oxygen atoms in total. The third-order valence-corrected chi connectivity index (χ3v) is 4.76. The van der Waals surface area contributed by atoms with Gasteiger partial charge >= 0.3 is 0 Å². The highest BCUT2D eigenvalue weighted by Crippen LogP contribution is 2.26. The third kappa shape index (κ3) is 3.61. The van der Waals surface area contributed by atoms with Crippen LogP contribution in [-0.2, 0) is 5.41 Å². The molecule has 0 aliphatic carbocycles. The Morgan fingerprint density at radius 2 is 2.15 bits per heavy atom. The molecule has 106 valence electrons. The second kappa shape index (κ2) is 5.97. The van der Waals surface area contributed by atoms with Crippen LogP contribution >= 0.6 is 27.3 Å². The number of nitrogens with two attached hydrogens (primary N) is 1. The van der Waals surface area contributed by atoms with E-state index in [1.54, 1.807) is 29.5 Å². The molecule has 0 bridgehead atoms. The first kappa shape index (κ1) is 15.1. The van der Waals surface area contributed by atoms with Gasteiger partial charge in [0.05, 0.1) is 0 Å². The Hall–Kier alpha value is -1.33. The Morgan fingerprint density at radius 3 is 2.75 bits per heavy atom. The van der Waals surface area contributed by atoms with Crippen molar-refractivity contribution in [2.75, 3.05) is 12.3 Å². The van der Waals surface area contributed by atoms with Crippen LogP contribution in [0, 0.1) is 0 Å². The first-order valence-corrected chi connectivity index (χ1v) is 7.94. The zero-order valence-electron chi connectivity index (χ0n) is 11.4. The van der Waals surface area contributed by atoms with Gasteiger partial charge < -0.3 is 11.1 Å². The van der Waals surface area contributed by atoms with E-state index in [-0.39, 0.29) is 11.3 Å². The number of carbonyl (C=O) groups is 1. The van der Waals surface area contributed by atoms with Crippen molar-refractivity contribution in [3.8, 4) is 0 Å². The first-order chi connectivity index (χ1) is 9.38. The smallest absolute Gasteiger partial charge is 0.251 e. The average Bonchev–Trinajstić information content (AvgIpc) is 2.89. The molecule has 2 aromatic rings. The standard InChI is InChI=1S/C15H17BrN2OS/c1-15(2,13-4-3-5-20-13)9-18-14(19)10-6-11(16)8-12(17)7-10/h3-8H,9,17H2,1-2H3,(H,18,19). The number of thiophene rings is 1. The van der Waals surface area contributed by atoms with E-state index in [0.29, 0.717) is 17.8 Å². The molecule has 2 rings (SSSR count). The summed E-state index contributed by atoms with van der Waals surface area (Å²) in [5, 5.41) is 5.02. The lowest BCUT2D eigenvalue weighted by atomic mass is 9.91. The molecule has 0 saturated heterocycles. The summed E-state index contributed by atoms with van der Waals surface area (Å²) in [6, 6.07) is 9.33. The molecule has 5 heteroatoms. The topological polar surface area (TPSA) is 55.1 Å². The normalized spacial score (nSPS) is 11.3. The van der Waals surface area contributed by atoms with Crippen LogP contribution in [0.5, 0.6) is 0 Å². The van der Waals surface area contributed by atoms with Crippen molar-refractivity contribution in [3.05, 3.63) is 50.6 Å². The Bertz CT molecular complexity index is 588. The molecule has 0 atom stereocenters. The van der Waals surface area contributed by atoms with Crippen LogP contribution in [0.3, 0.4) is 0 Å². The van der Waals surface area contributed by atoms with E-state index >= 15 is 0 Å². The fourth-order valence-electron chi connectivity index (χ4n) is 1.90. The number of nitrogen functional groups attached to an aromatic ring is 1. The zero-order valence-corrected chi connectivity index (χ0v) is 13.8. The minimum absolute atomic E-state index is 0.0820. The van der Waals surface area contributed by atoms with Gasteiger partial charge in [-0.2, -0.15) is 0 Å². The number of rotatable bonds is 4. The van der Waals surface area contributed by atoms with Crippen LogP contribution in [-0.4, -0.2) is 12.5 Å². The molecule has 0 aliphatic rings. The van der Waals surface area contributed by atoms with Gasteiger partial charge in [-0.3, -0.25) is 4.79 Å². The molecule has 0 fully saturated rings. The van der Waals surface area contributed by atoms with Gasteiger partial charge in [-0.05, 0) is 29.6 Å². The second-order valence-electron chi connectivity index (χ2n) is 5.32. The highest BCUT2D eigenvalue weighted by molar-refractivity contribution is 9.10. The fraction of sp³-hybridized carbons (Fsp3) is 0.267. The van der Waals surface area contributed by atoms with Crippen LogP contribution in [0.1, 0.15) is 29.1 Å². The molecular weight excluding hydrogens is 336 g/mol. The van der Waals surface area contributed by atoms with Gasteiger partial charge in [0.15, 0.2) is 0 Å². The maximum absolute atomic E-state index is 12.2. The molecule has 1 amide bonds. The summed E-state index contributed by atoms with van der Waals surface area (Å²) < 4.78 is 0.806. The van der Waals surface area contributed by atoms with Crippen molar-refractivity contribution in [2.24, 2.45) is 0 Å². The summed E-state index contributed by atoms with van der Waals surface area (Å²) in [6.45, 7) is 4.82. The van der Waals surface area contributed by atoms with Gasteiger partial charge in [-0.25, -0.2) is 0 Å². The Balaban J connectivity index is 2.05. The van der Waals surface area contributed by atoms with Gasteiger partial charge in [0, 0.05) is 32.6 Å². The lowest BCUT2D eigenvalue weighted by molar-refractivity contribution is 0.0946. The SMILES string of the molecule is CC(C)(CNC(=O)c1cc(N)cc(Br)c1)c1cccs1. The van der Waals surface area contributed by atoms with E-state index in [1.165, 1.54) is 4.88 Å². The van der Waals surface area contributed by atoms with Gasteiger partial charge in [0.25, 0.3) is 5.91 Å². The first-order valence-electron chi connectivity index (χ1n) is 6.27. The van der Waals surface area contributed by atoms with Crippen LogP contribution in [0.25, 0.3) is 0 Å². The van der Waals surface area contributed by atoms with Gasteiger partial charge in [0.2, 0.25) is 0 Å². The highest BCUT2D eigenvalue weighted by atomic mass is 79.9. The summed E-state index contributed by atoms with van der Waals surface area (Å²) in [5.74, 6) is -0.109. The molecule has 0 unspecified atom stereocenters. The zero-order chi connectivity index (χ0) is 14.8. The molecule has 1 aromatic carbocycles. The molecule has 0 aliphatic heterocycles. The fourth-order valence-corrected chi connectivity index (χ4v) is 3.26. The number of benzene rings is 1. The number of hydrogen-bond acceptors (Lipinski definition) is 3. The van der Waals surface area contributed by atoms with Crippen LogP contribution in [0.4, 0.5) is 5.69 Å². The Kier molecular flexibility index (Phi) is 4.50. The third-order valence-electron chi connectivity index (χ3n) is 3.06. The summed E-state index contributed by atoms with van der Waals surface area (Å²) in [5.41, 5.74) is 6.81. The van der Waals surface area contributed by atoms with Crippen molar-refractivity contribution in [1.29, 1.82) is 0 Å². The van der Waals surface area contributed by atoms with Gasteiger partial charge in [-0.15, -0.1) is 11.3 Å². The number of hydrogen-bond donors (Lipinski definition) is 2. The van der Waals surface area contributed by atoms with E-state index in [9.17, 15) is 4.79 Å². The number of nitrogens with one attached hydrogen (secondary N) is 1. The van der Waals surface area contributed by atoms with E-state index < -0.39 is 0 Å². The summed E-state index contributed by atoms with van der Waals surface area (Å²) in [7, 11) is 0. The van der Waals surface area contributed by atoms with Gasteiger partial charge in [0.1, 0.15) is 0 Å². The van der Waals surface area contributed by atoms with Crippen molar-refractivity contribution < 1.29 is 4.79 Å². The predicted molar refractivity (Wildman–Crippen MR) is 88.2 cm³/mol. The Morgan fingerprint density at radius 1 is 1.40 bits per heavy atom. The van der Waals surface area contributed by atoms with E-state index in [2.05, 4.69) is 41.2 Å². The summed E-state index contributed by atoms with van der Waals surface area (Å²) >= 11 is 5.05. The van der Waals surface area contributed by atoms with Gasteiger partial charge in [-0.1, -0.05) is 35.8 Å². The molecule has 1 aromatic heterocycles. The Labute approximate surface area is 131 Å². The molecular formula is C15H17BrN2OS. The highest BCUT2D eigenvalue weighted by Gasteiger charge is 2.22. The van der Waals surface area contributed by atoms with E-state index in [4.69, 9.17) is 5.73 Å². The largest absolute Gasteiger partial charge is 0.399 e. The summed E-state index contributed by atoms with van der Waals surface area (Å²) in [6.07, 6.45) is 0. The number of anilines is 1. The van der Waals surface area contributed by atoms with Crippen LogP contribution in [0.15, 0.2) is 40.2 Å². The maximum atomic E-state index is 12.2. The summed E-state index contributed by atoms with van der Waals surface area (Å²) in [4.78, 5) is 13.4. The minimum Gasteiger partial charge on any atom is -0.399 e. The monoisotopic (exact) mass is 352 g/mol. The lowest BCUT2D eigenvalue weighted by Gasteiger charge is -2.23. The van der Waals surface area contributed by atoms with E-state index in [1.807, 2.05) is 11.4 Å². The second-order valence-corrected chi connectivity index (χ2v) is 7.18. The quantitative estimate of drug-likeness (QED) is 0.822. The predicted octanol–water partition coefficient (Wildman–Crippen LogP) is 3.80.